The van der Waals surface area contributed by atoms with Crippen molar-refractivity contribution in [2.75, 3.05) is 12.8 Å². The van der Waals surface area contributed by atoms with Gasteiger partial charge in [0.1, 0.15) is 9.84 Å². The lowest BCUT2D eigenvalue weighted by molar-refractivity contribution is 0.138. The molecule has 6 heteroatoms. The van der Waals surface area contributed by atoms with Crippen molar-refractivity contribution in [3.05, 3.63) is 0 Å². The van der Waals surface area contributed by atoms with E-state index in [9.17, 15) is 13.2 Å². The van der Waals surface area contributed by atoms with Crippen LogP contribution in [0.3, 0.4) is 0 Å². The highest BCUT2D eigenvalue weighted by Crippen LogP contribution is 2.55. The lowest BCUT2D eigenvalue weighted by atomic mass is 9.70. The molecular weight excluding hydrogens is 312 g/mol. The fraction of sp³-hybridized carbons (Fsp3) is 0.941. The second-order valence-corrected chi connectivity index (χ2v) is 10.9. The first-order chi connectivity index (χ1) is 10.9. The molecule has 5 nitrogen and oxygen atoms in total. The van der Waals surface area contributed by atoms with Crippen molar-refractivity contribution < 1.29 is 13.2 Å². The summed E-state index contributed by atoms with van der Waals surface area (Å²) in [5.41, 5.74) is 0. The van der Waals surface area contributed by atoms with Gasteiger partial charge in [-0.1, -0.05) is 0 Å². The highest BCUT2D eigenvalue weighted by atomic mass is 32.2. The SMILES string of the molecule is CS(=O)(=O)C1CC(CNC(=O)NC2CC3CC4CC(C3)C2C4)C1. The van der Waals surface area contributed by atoms with Gasteiger partial charge in [0.25, 0.3) is 0 Å². The van der Waals surface area contributed by atoms with E-state index in [0.29, 0.717) is 37.3 Å². The van der Waals surface area contributed by atoms with Gasteiger partial charge in [-0.05, 0) is 74.5 Å². The molecule has 0 radical (unpaired) electrons. The molecule has 2 amide bonds. The molecule has 4 rings (SSSR count). The summed E-state index contributed by atoms with van der Waals surface area (Å²) in [4.78, 5) is 12.2. The zero-order valence-corrected chi connectivity index (χ0v) is 14.6. The van der Waals surface area contributed by atoms with E-state index < -0.39 is 9.84 Å². The van der Waals surface area contributed by atoms with E-state index in [0.717, 1.165) is 24.2 Å². The Morgan fingerprint density at radius 1 is 1.00 bits per heavy atom. The number of hydrogen-bond acceptors (Lipinski definition) is 3. The topological polar surface area (TPSA) is 75.3 Å². The minimum Gasteiger partial charge on any atom is -0.338 e. The monoisotopic (exact) mass is 340 g/mol. The first-order valence-electron chi connectivity index (χ1n) is 9.11. The molecule has 23 heavy (non-hydrogen) atoms. The van der Waals surface area contributed by atoms with Crippen LogP contribution in [0, 0.1) is 29.6 Å². The van der Waals surface area contributed by atoms with Crippen LogP contribution in [0.25, 0.3) is 0 Å². The Morgan fingerprint density at radius 3 is 2.39 bits per heavy atom. The van der Waals surface area contributed by atoms with E-state index in [2.05, 4.69) is 10.6 Å². The Balaban J connectivity index is 1.22. The molecule has 0 aromatic rings. The van der Waals surface area contributed by atoms with Crippen molar-refractivity contribution in [1.29, 1.82) is 0 Å². The van der Waals surface area contributed by atoms with Gasteiger partial charge in [-0.2, -0.15) is 0 Å². The predicted octanol–water partition coefficient (Wildman–Crippen LogP) is 1.93. The number of amides is 2. The fourth-order valence-corrected chi connectivity index (χ4v) is 7.01. The lowest BCUT2D eigenvalue weighted by Crippen LogP contribution is -2.51. The highest BCUT2D eigenvalue weighted by Gasteiger charge is 2.49. The van der Waals surface area contributed by atoms with Gasteiger partial charge >= 0.3 is 6.03 Å². The normalized spacial score (nSPS) is 44.7. The maximum atomic E-state index is 12.2. The molecule has 4 fully saturated rings. The summed E-state index contributed by atoms with van der Waals surface area (Å²) in [5, 5.41) is 6.00. The average Bonchev–Trinajstić information content (AvgIpc) is 2.62. The molecule has 0 aliphatic heterocycles. The maximum absolute atomic E-state index is 12.2. The molecule has 0 aromatic heterocycles. The van der Waals surface area contributed by atoms with E-state index in [4.69, 9.17) is 0 Å². The summed E-state index contributed by atoms with van der Waals surface area (Å²) in [6, 6.07) is 0.305. The Labute approximate surface area is 138 Å². The molecule has 5 unspecified atom stereocenters. The van der Waals surface area contributed by atoms with Crippen molar-refractivity contribution in [2.24, 2.45) is 29.6 Å². The van der Waals surface area contributed by atoms with Gasteiger partial charge in [0.2, 0.25) is 0 Å². The standard InChI is InChI=1S/C17H28N2O3S/c1-23(21,22)14-5-12(6-14)9-18-17(20)19-16-8-11-2-10-3-13(4-11)15(16)7-10/h10-16H,2-9H2,1H3,(H2,18,19,20). The zero-order valence-electron chi connectivity index (χ0n) is 13.8. The van der Waals surface area contributed by atoms with Gasteiger partial charge < -0.3 is 10.6 Å². The lowest BCUT2D eigenvalue weighted by Gasteiger charge is -2.40. The van der Waals surface area contributed by atoms with Crippen molar-refractivity contribution in [2.45, 2.75) is 56.2 Å². The zero-order chi connectivity index (χ0) is 16.2. The molecule has 4 aliphatic carbocycles. The molecule has 5 atom stereocenters. The summed E-state index contributed by atoms with van der Waals surface area (Å²) in [7, 11) is -2.90. The van der Waals surface area contributed by atoms with Crippen molar-refractivity contribution in [1.82, 2.24) is 10.6 Å². The molecule has 0 heterocycles. The van der Waals surface area contributed by atoms with Crippen LogP contribution in [-0.4, -0.2) is 38.5 Å². The molecule has 0 spiro atoms. The number of carbonyl (C=O) groups excluding carboxylic acids is 1. The van der Waals surface area contributed by atoms with E-state index in [-0.39, 0.29) is 11.3 Å². The number of urea groups is 1. The molecule has 0 aromatic carbocycles. The van der Waals surface area contributed by atoms with E-state index in [1.807, 2.05) is 0 Å². The van der Waals surface area contributed by atoms with E-state index in [1.54, 1.807) is 0 Å². The average molecular weight is 340 g/mol. The Kier molecular flexibility index (Phi) is 3.86. The smallest absolute Gasteiger partial charge is 0.315 e. The van der Waals surface area contributed by atoms with Crippen LogP contribution in [0.15, 0.2) is 0 Å². The van der Waals surface area contributed by atoms with E-state index in [1.165, 1.54) is 31.9 Å². The van der Waals surface area contributed by atoms with Gasteiger partial charge in [-0.3, -0.25) is 0 Å². The second kappa shape index (κ2) is 5.64. The molecular formula is C17H28N2O3S. The summed E-state index contributed by atoms with van der Waals surface area (Å²) < 4.78 is 22.8. The van der Waals surface area contributed by atoms with Crippen molar-refractivity contribution in [3.63, 3.8) is 0 Å². The third-order valence-electron chi connectivity index (χ3n) is 6.92. The second-order valence-electron chi connectivity index (χ2n) is 8.58. The van der Waals surface area contributed by atoms with Crippen LogP contribution < -0.4 is 10.6 Å². The van der Waals surface area contributed by atoms with Crippen LogP contribution in [0.2, 0.25) is 0 Å². The fourth-order valence-electron chi connectivity index (χ4n) is 5.77. The van der Waals surface area contributed by atoms with Gasteiger partial charge in [-0.15, -0.1) is 0 Å². The number of carbonyl (C=O) groups is 1. The molecule has 4 aliphatic rings. The van der Waals surface area contributed by atoms with Crippen LogP contribution in [0.4, 0.5) is 4.79 Å². The molecule has 0 saturated heterocycles. The van der Waals surface area contributed by atoms with Crippen LogP contribution in [-0.2, 0) is 9.84 Å². The highest BCUT2D eigenvalue weighted by molar-refractivity contribution is 7.91. The predicted molar refractivity (Wildman–Crippen MR) is 88.7 cm³/mol. The Morgan fingerprint density at radius 2 is 1.70 bits per heavy atom. The molecule has 130 valence electrons. The quantitative estimate of drug-likeness (QED) is 0.821. The minimum absolute atomic E-state index is 0.0532. The number of rotatable bonds is 4. The minimum atomic E-state index is -2.90. The van der Waals surface area contributed by atoms with Gasteiger partial charge in [-0.25, -0.2) is 13.2 Å². The van der Waals surface area contributed by atoms with Gasteiger partial charge in [0.15, 0.2) is 0 Å². The number of sulfone groups is 1. The summed E-state index contributed by atoms with van der Waals surface area (Å²) in [5.74, 6) is 3.60. The van der Waals surface area contributed by atoms with Crippen LogP contribution in [0.5, 0.6) is 0 Å². The molecule has 4 saturated carbocycles. The number of nitrogens with one attached hydrogen (secondary N) is 2. The Bertz CT molecular complexity index is 583. The summed E-state index contributed by atoms with van der Waals surface area (Å²) in [6.07, 6.45) is 9.30. The van der Waals surface area contributed by atoms with Gasteiger partial charge in [0.05, 0.1) is 5.25 Å². The summed E-state index contributed by atoms with van der Waals surface area (Å²) >= 11 is 0. The number of fused-ring (bicyclic) bond motifs is 2. The largest absolute Gasteiger partial charge is 0.338 e. The van der Waals surface area contributed by atoms with Crippen molar-refractivity contribution in [3.8, 4) is 0 Å². The first-order valence-corrected chi connectivity index (χ1v) is 11.1. The number of hydrogen-bond donors (Lipinski definition) is 2. The van der Waals surface area contributed by atoms with E-state index >= 15 is 0 Å². The third kappa shape index (κ3) is 3.11. The maximum Gasteiger partial charge on any atom is 0.315 e. The van der Waals surface area contributed by atoms with Crippen molar-refractivity contribution >= 4 is 15.9 Å². The van der Waals surface area contributed by atoms with Crippen LogP contribution >= 0.6 is 0 Å². The molecule has 3 bridgehead atoms. The third-order valence-corrected chi connectivity index (χ3v) is 8.52. The van der Waals surface area contributed by atoms with Gasteiger partial charge in [0, 0.05) is 18.8 Å². The summed E-state index contributed by atoms with van der Waals surface area (Å²) in [6.45, 7) is 0.602. The molecule has 2 N–H and O–H groups in total. The first kappa shape index (κ1) is 15.7. The van der Waals surface area contributed by atoms with Crippen LogP contribution in [0.1, 0.15) is 44.9 Å². The Hall–Kier alpha value is -0.780.